The molecule has 0 aliphatic carbocycles. The molecule has 0 radical (unpaired) electrons. The van der Waals surface area contributed by atoms with Gasteiger partial charge in [-0.2, -0.15) is 0 Å². The Labute approximate surface area is 114 Å². The summed E-state index contributed by atoms with van der Waals surface area (Å²) in [5.74, 6) is -0.397. The van der Waals surface area contributed by atoms with Crippen molar-refractivity contribution in [1.29, 1.82) is 0 Å². The minimum absolute atomic E-state index is 0.103. The second-order valence-corrected chi connectivity index (χ2v) is 4.59. The molecule has 0 bridgehead atoms. The number of aryl methyl sites for hydroxylation is 2. The van der Waals surface area contributed by atoms with Crippen LogP contribution in [-0.4, -0.2) is 29.8 Å². The number of anilines is 1. The fourth-order valence-electron chi connectivity index (χ4n) is 1.85. The van der Waals surface area contributed by atoms with E-state index in [1.807, 2.05) is 45.9 Å². The standard InChI is InChI=1S/C15H22N2O2/c1-5-17(6-2)15(19)10-14(18)16-13-8-7-11(3)12(4)9-13/h7-9H,5-6,10H2,1-4H3,(H,16,18). The van der Waals surface area contributed by atoms with Gasteiger partial charge in [-0.15, -0.1) is 0 Å². The van der Waals surface area contributed by atoms with E-state index in [0.29, 0.717) is 13.1 Å². The van der Waals surface area contributed by atoms with Gasteiger partial charge in [0.2, 0.25) is 11.8 Å². The normalized spacial score (nSPS) is 10.1. The summed E-state index contributed by atoms with van der Waals surface area (Å²) in [6.07, 6.45) is -0.103. The van der Waals surface area contributed by atoms with Crippen LogP contribution in [0.1, 0.15) is 31.4 Å². The van der Waals surface area contributed by atoms with Crippen LogP contribution in [-0.2, 0) is 9.59 Å². The van der Waals surface area contributed by atoms with E-state index in [0.717, 1.165) is 11.3 Å². The maximum absolute atomic E-state index is 11.8. The van der Waals surface area contributed by atoms with Gasteiger partial charge in [-0.1, -0.05) is 6.07 Å². The first-order valence-corrected chi connectivity index (χ1v) is 6.62. The van der Waals surface area contributed by atoms with E-state index in [1.54, 1.807) is 4.90 Å². The molecule has 1 aromatic rings. The number of carbonyl (C=O) groups is 2. The maximum Gasteiger partial charge on any atom is 0.233 e. The molecule has 0 heterocycles. The molecule has 104 valence electrons. The topological polar surface area (TPSA) is 49.4 Å². The van der Waals surface area contributed by atoms with Gasteiger partial charge < -0.3 is 10.2 Å². The predicted molar refractivity (Wildman–Crippen MR) is 77.1 cm³/mol. The molecule has 19 heavy (non-hydrogen) atoms. The van der Waals surface area contributed by atoms with Gasteiger partial charge in [0.1, 0.15) is 6.42 Å². The van der Waals surface area contributed by atoms with Crippen molar-refractivity contribution in [2.75, 3.05) is 18.4 Å². The Bertz CT molecular complexity index is 465. The molecule has 0 saturated heterocycles. The third-order valence-electron chi connectivity index (χ3n) is 3.22. The highest BCUT2D eigenvalue weighted by Gasteiger charge is 2.14. The minimum atomic E-state index is -0.264. The summed E-state index contributed by atoms with van der Waals surface area (Å²) in [7, 11) is 0. The molecular formula is C15H22N2O2. The van der Waals surface area contributed by atoms with E-state index in [4.69, 9.17) is 0 Å². The number of rotatable bonds is 5. The highest BCUT2D eigenvalue weighted by atomic mass is 16.2. The molecular weight excluding hydrogens is 240 g/mol. The SMILES string of the molecule is CCN(CC)C(=O)CC(=O)Nc1ccc(C)c(C)c1. The van der Waals surface area contributed by atoms with Crippen molar-refractivity contribution in [1.82, 2.24) is 4.90 Å². The minimum Gasteiger partial charge on any atom is -0.343 e. The summed E-state index contributed by atoms with van der Waals surface area (Å²) in [6.45, 7) is 9.08. The Morgan fingerprint density at radius 1 is 1.11 bits per heavy atom. The lowest BCUT2D eigenvalue weighted by Gasteiger charge is -2.18. The number of nitrogens with zero attached hydrogens (tertiary/aromatic N) is 1. The van der Waals surface area contributed by atoms with E-state index >= 15 is 0 Å². The van der Waals surface area contributed by atoms with Gasteiger partial charge in [-0.05, 0) is 51.0 Å². The third kappa shape index (κ3) is 4.39. The molecule has 0 atom stereocenters. The second kappa shape index (κ2) is 6.92. The summed E-state index contributed by atoms with van der Waals surface area (Å²) in [4.78, 5) is 25.2. The molecule has 2 amide bonds. The van der Waals surface area contributed by atoms with Crippen molar-refractivity contribution in [2.24, 2.45) is 0 Å². The fourth-order valence-corrected chi connectivity index (χ4v) is 1.85. The summed E-state index contributed by atoms with van der Waals surface area (Å²) in [5.41, 5.74) is 3.03. The average Bonchev–Trinajstić information content (AvgIpc) is 2.35. The van der Waals surface area contributed by atoms with Crippen molar-refractivity contribution in [2.45, 2.75) is 34.1 Å². The highest BCUT2D eigenvalue weighted by molar-refractivity contribution is 6.03. The lowest BCUT2D eigenvalue weighted by molar-refractivity contribution is -0.134. The zero-order chi connectivity index (χ0) is 14.4. The van der Waals surface area contributed by atoms with Crippen LogP contribution in [0.25, 0.3) is 0 Å². The number of carbonyl (C=O) groups excluding carboxylic acids is 2. The highest BCUT2D eigenvalue weighted by Crippen LogP contribution is 2.14. The molecule has 0 aromatic heterocycles. The van der Waals surface area contributed by atoms with Crippen molar-refractivity contribution >= 4 is 17.5 Å². The van der Waals surface area contributed by atoms with E-state index in [-0.39, 0.29) is 18.2 Å². The number of benzene rings is 1. The van der Waals surface area contributed by atoms with Gasteiger partial charge in [0, 0.05) is 18.8 Å². The molecule has 1 rings (SSSR count). The first kappa shape index (κ1) is 15.2. The van der Waals surface area contributed by atoms with E-state index in [2.05, 4.69) is 5.32 Å². The van der Waals surface area contributed by atoms with Crippen LogP contribution in [0, 0.1) is 13.8 Å². The molecule has 0 aliphatic rings. The molecule has 1 aromatic carbocycles. The van der Waals surface area contributed by atoms with Gasteiger partial charge in [-0.25, -0.2) is 0 Å². The lowest BCUT2D eigenvalue weighted by atomic mass is 10.1. The van der Waals surface area contributed by atoms with E-state index in [1.165, 1.54) is 5.56 Å². The monoisotopic (exact) mass is 262 g/mol. The number of amides is 2. The average molecular weight is 262 g/mol. The molecule has 4 nitrogen and oxygen atoms in total. The Morgan fingerprint density at radius 3 is 2.26 bits per heavy atom. The number of nitrogens with one attached hydrogen (secondary N) is 1. The van der Waals surface area contributed by atoms with E-state index in [9.17, 15) is 9.59 Å². The van der Waals surface area contributed by atoms with Crippen LogP contribution in [0.15, 0.2) is 18.2 Å². The van der Waals surface area contributed by atoms with Gasteiger partial charge >= 0.3 is 0 Å². The number of hydrogen-bond acceptors (Lipinski definition) is 2. The first-order chi connectivity index (χ1) is 8.97. The summed E-state index contributed by atoms with van der Waals surface area (Å²) in [5, 5.41) is 2.76. The van der Waals surface area contributed by atoms with Gasteiger partial charge in [0.05, 0.1) is 0 Å². The fraction of sp³-hybridized carbons (Fsp3) is 0.467. The van der Waals surface area contributed by atoms with Crippen molar-refractivity contribution < 1.29 is 9.59 Å². The van der Waals surface area contributed by atoms with Gasteiger partial charge in [0.15, 0.2) is 0 Å². The smallest absolute Gasteiger partial charge is 0.233 e. The molecule has 0 saturated carbocycles. The molecule has 0 spiro atoms. The zero-order valence-corrected chi connectivity index (χ0v) is 12.1. The third-order valence-corrected chi connectivity index (χ3v) is 3.22. The van der Waals surface area contributed by atoms with Gasteiger partial charge in [-0.3, -0.25) is 9.59 Å². The first-order valence-electron chi connectivity index (χ1n) is 6.62. The zero-order valence-electron chi connectivity index (χ0n) is 12.1. The largest absolute Gasteiger partial charge is 0.343 e. The Kier molecular flexibility index (Phi) is 5.55. The summed E-state index contributed by atoms with van der Waals surface area (Å²) in [6, 6.07) is 5.72. The second-order valence-electron chi connectivity index (χ2n) is 4.59. The van der Waals surface area contributed by atoms with Crippen LogP contribution in [0.3, 0.4) is 0 Å². The van der Waals surface area contributed by atoms with E-state index < -0.39 is 0 Å². The Hall–Kier alpha value is -1.84. The quantitative estimate of drug-likeness (QED) is 0.829. The number of hydrogen-bond donors (Lipinski definition) is 1. The summed E-state index contributed by atoms with van der Waals surface area (Å²) >= 11 is 0. The van der Waals surface area contributed by atoms with Crippen LogP contribution in [0.2, 0.25) is 0 Å². The molecule has 0 fully saturated rings. The van der Waals surface area contributed by atoms with Crippen molar-refractivity contribution in [3.63, 3.8) is 0 Å². The predicted octanol–water partition coefficient (Wildman–Crippen LogP) is 2.50. The van der Waals surface area contributed by atoms with Crippen LogP contribution < -0.4 is 5.32 Å². The van der Waals surface area contributed by atoms with Crippen molar-refractivity contribution in [3.05, 3.63) is 29.3 Å². The molecule has 0 aliphatic heterocycles. The van der Waals surface area contributed by atoms with Crippen molar-refractivity contribution in [3.8, 4) is 0 Å². The van der Waals surface area contributed by atoms with Crippen LogP contribution in [0.4, 0.5) is 5.69 Å². The Morgan fingerprint density at radius 2 is 1.74 bits per heavy atom. The van der Waals surface area contributed by atoms with Crippen LogP contribution in [0.5, 0.6) is 0 Å². The Balaban J connectivity index is 2.60. The molecule has 0 unspecified atom stereocenters. The van der Waals surface area contributed by atoms with Gasteiger partial charge in [0.25, 0.3) is 0 Å². The maximum atomic E-state index is 11.8. The summed E-state index contributed by atoms with van der Waals surface area (Å²) < 4.78 is 0. The molecule has 4 heteroatoms. The molecule has 1 N–H and O–H groups in total. The van der Waals surface area contributed by atoms with Crippen LogP contribution >= 0.6 is 0 Å². The lowest BCUT2D eigenvalue weighted by Crippen LogP contribution is -2.33.